The SMILES string of the molecule is CC1CCCCC1Oc1c(F)cc(C(N)=NO)cc1F. The number of benzene rings is 1. The summed E-state index contributed by atoms with van der Waals surface area (Å²) in [5.41, 5.74) is 5.29. The maximum Gasteiger partial charge on any atom is 0.191 e. The highest BCUT2D eigenvalue weighted by Gasteiger charge is 2.25. The summed E-state index contributed by atoms with van der Waals surface area (Å²) in [7, 11) is 0. The molecule has 1 aromatic carbocycles. The van der Waals surface area contributed by atoms with Crippen LogP contribution >= 0.6 is 0 Å². The van der Waals surface area contributed by atoms with E-state index in [2.05, 4.69) is 5.16 Å². The zero-order chi connectivity index (χ0) is 14.7. The van der Waals surface area contributed by atoms with Crippen LogP contribution in [-0.4, -0.2) is 17.1 Å². The lowest BCUT2D eigenvalue weighted by Gasteiger charge is -2.29. The highest BCUT2D eigenvalue weighted by atomic mass is 19.1. The van der Waals surface area contributed by atoms with E-state index in [4.69, 9.17) is 15.7 Å². The van der Waals surface area contributed by atoms with Crippen LogP contribution in [0, 0.1) is 17.6 Å². The fourth-order valence-corrected chi connectivity index (χ4v) is 2.49. The van der Waals surface area contributed by atoms with Crippen molar-refractivity contribution in [3.8, 4) is 5.75 Å². The Morgan fingerprint density at radius 3 is 2.45 bits per heavy atom. The molecule has 2 rings (SSSR count). The molecule has 2 atom stereocenters. The molecule has 1 fully saturated rings. The van der Waals surface area contributed by atoms with Crippen LogP contribution < -0.4 is 10.5 Å². The number of nitrogens with two attached hydrogens (primary N) is 1. The van der Waals surface area contributed by atoms with Crippen molar-refractivity contribution in [3.63, 3.8) is 0 Å². The molecule has 1 aromatic rings. The first-order chi connectivity index (χ1) is 9.52. The quantitative estimate of drug-likeness (QED) is 0.388. The first-order valence-electron chi connectivity index (χ1n) is 6.66. The van der Waals surface area contributed by atoms with Crippen molar-refractivity contribution in [1.29, 1.82) is 0 Å². The van der Waals surface area contributed by atoms with Crippen LogP contribution in [-0.2, 0) is 0 Å². The molecular formula is C14H18F2N2O2. The van der Waals surface area contributed by atoms with Gasteiger partial charge in [-0.15, -0.1) is 0 Å². The minimum atomic E-state index is -0.843. The predicted molar refractivity (Wildman–Crippen MR) is 70.9 cm³/mol. The highest BCUT2D eigenvalue weighted by molar-refractivity contribution is 5.97. The number of nitrogens with zero attached hydrogens (tertiary/aromatic N) is 1. The van der Waals surface area contributed by atoms with E-state index in [1.807, 2.05) is 6.92 Å². The van der Waals surface area contributed by atoms with E-state index in [0.717, 1.165) is 37.8 Å². The van der Waals surface area contributed by atoms with Gasteiger partial charge in [0.2, 0.25) is 0 Å². The minimum absolute atomic E-state index is 0.0217. The second kappa shape index (κ2) is 6.07. The number of amidine groups is 1. The van der Waals surface area contributed by atoms with Crippen molar-refractivity contribution in [1.82, 2.24) is 0 Å². The van der Waals surface area contributed by atoms with Gasteiger partial charge in [0.05, 0.1) is 0 Å². The molecule has 0 spiro atoms. The molecule has 0 saturated heterocycles. The third kappa shape index (κ3) is 3.00. The van der Waals surface area contributed by atoms with Crippen LogP contribution in [0.3, 0.4) is 0 Å². The molecule has 110 valence electrons. The number of rotatable bonds is 3. The van der Waals surface area contributed by atoms with Gasteiger partial charge in [-0.05, 0) is 37.3 Å². The molecule has 1 saturated carbocycles. The summed E-state index contributed by atoms with van der Waals surface area (Å²) in [5.74, 6) is -2.15. The average molecular weight is 284 g/mol. The van der Waals surface area contributed by atoms with Gasteiger partial charge in [-0.2, -0.15) is 0 Å². The Hall–Kier alpha value is -1.85. The van der Waals surface area contributed by atoms with E-state index in [9.17, 15) is 8.78 Å². The zero-order valence-corrected chi connectivity index (χ0v) is 11.3. The second-order valence-corrected chi connectivity index (χ2v) is 5.17. The molecule has 3 N–H and O–H groups in total. The van der Waals surface area contributed by atoms with Gasteiger partial charge in [0.25, 0.3) is 0 Å². The number of hydrogen-bond donors (Lipinski definition) is 2. The van der Waals surface area contributed by atoms with Crippen LogP contribution in [0.5, 0.6) is 5.75 Å². The van der Waals surface area contributed by atoms with Crippen LogP contribution in [0.1, 0.15) is 38.2 Å². The molecule has 0 bridgehead atoms. The third-order valence-corrected chi connectivity index (χ3v) is 3.70. The Kier molecular flexibility index (Phi) is 4.42. The van der Waals surface area contributed by atoms with Crippen molar-refractivity contribution in [2.75, 3.05) is 0 Å². The Bertz CT molecular complexity index is 497. The lowest BCUT2D eigenvalue weighted by Crippen LogP contribution is -2.29. The van der Waals surface area contributed by atoms with E-state index in [1.165, 1.54) is 0 Å². The van der Waals surface area contributed by atoms with Crippen molar-refractivity contribution < 1.29 is 18.7 Å². The van der Waals surface area contributed by atoms with E-state index >= 15 is 0 Å². The molecule has 2 unspecified atom stereocenters. The van der Waals surface area contributed by atoms with Crippen LogP contribution in [0.25, 0.3) is 0 Å². The Morgan fingerprint density at radius 1 is 1.30 bits per heavy atom. The van der Waals surface area contributed by atoms with E-state index in [1.54, 1.807) is 0 Å². The molecule has 0 heterocycles. The third-order valence-electron chi connectivity index (χ3n) is 3.70. The van der Waals surface area contributed by atoms with Gasteiger partial charge in [-0.3, -0.25) is 0 Å². The van der Waals surface area contributed by atoms with Gasteiger partial charge in [0, 0.05) is 5.56 Å². The number of hydrogen-bond acceptors (Lipinski definition) is 3. The van der Waals surface area contributed by atoms with Gasteiger partial charge < -0.3 is 15.7 Å². The summed E-state index contributed by atoms with van der Waals surface area (Å²) in [6, 6.07) is 2.00. The second-order valence-electron chi connectivity index (χ2n) is 5.17. The van der Waals surface area contributed by atoms with Gasteiger partial charge >= 0.3 is 0 Å². The van der Waals surface area contributed by atoms with Gasteiger partial charge in [0.15, 0.2) is 23.2 Å². The summed E-state index contributed by atoms with van der Waals surface area (Å²) in [4.78, 5) is 0. The maximum absolute atomic E-state index is 13.9. The zero-order valence-electron chi connectivity index (χ0n) is 11.3. The molecule has 0 radical (unpaired) electrons. The summed E-state index contributed by atoms with van der Waals surface area (Å²) in [6.07, 6.45) is 3.73. The van der Waals surface area contributed by atoms with Crippen LogP contribution in [0.2, 0.25) is 0 Å². The first kappa shape index (κ1) is 14.6. The topological polar surface area (TPSA) is 67.8 Å². The highest BCUT2D eigenvalue weighted by Crippen LogP contribution is 2.31. The molecule has 1 aliphatic carbocycles. The monoisotopic (exact) mass is 284 g/mol. The molecule has 0 aromatic heterocycles. The molecule has 6 heteroatoms. The molecule has 0 aliphatic heterocycles. The number of oxime groups is 1. The van der Waals surface area contributed by atoms with E-state index < -0.39 is 17.4 Å². The standard InChI is InChI=1S/C14H18F2N2O2/c1-8-4-2-3-5-12(8)20-13-10(15)6-9(7-11(13)16)14(17)18-19/h6-8,12,19H,2-5H2,1H3,(H2,17,18). The average Bonchev–Trinajstić information content (AvgIpc) is 2.43. The maximum atomic E-state index is 13.9. The van der Waals surface area contributed by atoms with Crippen LogP contribution in [0.15, 0.2) is 17.3 Å². The summed E-state index contributed by atoms with van der Waals surface area (Å²) >= 11 is 0. The molecule has 0 amide bonds. The van der Waals surface area contributed by atoms with E-state index in [-0.39, 0.29) is 23.4 Å². The van der Waals surface area contributed by atoms with Gasteiger partial charge in [-0.1, -0.05) is 18.5 Å². The number of halogens is 2. The smallest absolute Gasteiger partial charge is 0.191 e. The normalized spacial score (nSPS) is 23.6. The Labute approximate surface area is 116 Å². The van der Waals surface area contributed by atoms with Crippen molar-refractivity contribution >= 4 is 5.84 Å². The molecule has 4 nitrogen and oxygen atoms in total. The largest absolute Gasteiger partial charge is 0.484 e. The Morgan fingerprint density at radius 2 is 1.90 bits per heavy atom. The van der Waals surface area contributed by atoms with Gasteiger partial charge in [-0.25, -0.2) is 8.78 Å². The fraction of sp³-hybridized carbons (Fsp3) is 0.500. The molecular weight excluding hydrogens is 266 g/mol. The van der Waals surface area contributed by atoms with Crippen molar-refractivity contribution in [2.24, 2.45) is 16.8 Å². The summed E-state index contributed by atoms with van der Waals surface area (Å²) < 4.78 is 33.4. The van der Waals surface area contributed by atoms with E-state index in [0.29, 0.717) is 0 Å². The minimum Gasteiger partial charge on any atom is -0.484 e. The predicted octanol–water partition coefficient (Wildman–Crippen LogP) is 3.02. The van der Waals surface area contributed by atoms with Gasteiger partial charge in [0.1, 0.15) is 6.10 Å². The molecule has 20 heavy (non-hydrogen) atoms. The lowest BCUT2D eigenvalue weighted by atomic mass is 9.88. The Balaban J connectivity index is 2.24. The molecule has 1 aliphatic rings. The summed E-state index contributed by atoms with van der Waals surface area (Å²) in [5, 5.41) is 11.2. The van der Waals surface area contributed by atoms with Crippen molar-refractivity contribution in [2.45, 2.75) is 38.7 Å². The first-order valence-corrected chi connectivity index (χ1v) is 6.66. The summed E-state index contributed by atoms with van der Waals surface area (Å²) in [6.45, 7) is 2.02. The fourth-order valence-electron chi connectivity index (χ4n) is 2.49. The van der Waals surface area contributed by atoms with Crippen molar-refractivity contribution in [3.05, 3.63) is 29.3 Å². The number of ether oxygens (including phenoxy) is 1. The lowest BCUT2D eigenvalue weighted by molar-refractivity contribution is 0.0932. The van der Waals surface area contributed by atoms with Crippen LogP contribution in [0.4, 0.5) is 8.78 Å².